The van der Waals surface area contributed by atoms with Crippen LogP contribution in [0.3, 0.4) is 0 Å². The number of hydrogen-bond donors (Lipinski definition) is 1. The molecule has 20 heavy (non-hydrogen) atoms. The fraction of sp³-hybridized carbons (Fsp3) is 0.625. The first-order valence-corrected chi connectivity index (χ1v) is 7.25. The van der Waals surface area contributed by atoms with Crippen molar-refractivity contribution in [1.29, 1.82) is 0 Å². The van der Waals surface area contributed by atoms with Crippen molar-refractivity contribution in [3.63, 3.8) is 0 Å². The maximum Gasteiger partial charge on any atom is 0.230 e. The van der Waals surface area contributed by atoms with Crippen LogP contribution in [0.4, 0.5) is 0 Å². The third-order valence-corrected chi connectivity index (χ3v) is 4.75. The molecule has 1 aromatic rings. The molecule has 1 atom stereocenters. The van der Waals surface area contributed by atoms with E-state index in [1.54, 1.807) is 12.4 Å². The van der Waals surface area contributed by atoms with Crippen LogP contribution in [0.2, 0.25) is 0 Å². The summed E-state index contributed by atoms with van der Waals surface area (Å²) >= 11 is 0. The lowest BCUT2D eigenvalue weighted by Gasteiger charge is -2.41. The highest BCUT2D eigenvalue weighted by Gasteiger charge is 2.45. The van der Waals surface area contributed by atoms with E-state index in [2.05, 4.69) is 4.98 Å². The second kappa shape index (κ2) is 5.17. The molecule has 0 aliphatic carbocycles. The molecule has 0 radical (unpaired) electrons. The van der Waals surface area contributed by atoms with Gasteiger partial charge < -0.3 is 10.6 Å². The summed E-state index contributed by atoms with van der Waals surface area (Å²) in [4.78, 5) is 19.0. The molecule has 110 valence electrons. The molecule has 2 rings (SSSR count). The largest absolute Gasteiger partial charge is 0.335 e. The molecule has 0 spiro atoms. The van der Waals surface area contributed by atoms with Crippen molar-refractivity contribution in [2.24, 2.45) is 11.1 Å². The van der Waals surface area contributed by atoms with Gasteiger partial charge in [0.1, 0.15) is 0 Å². The maximum atomic E-state index is 12.9. The van der Waals surface area contributed by atoms with E-state index in [1.165, 1.54) is 0 Å². The average molecular weight is 275 g/mol. The number of nitrogens with zero attached hydrogens (tertiary/aromatic N) is 2. The van der Waals surface area contributed by atoms with E-state index < -0.39 is 11.0 Å². The molecular weight excluding hydrogens is 250 g/mol. The summed E-state index contributed by atoms with van der Waals surface area (Å²) in [7, 11) is 0. The molecule has 2 N–H and O–H groups in total. The van der Waals surface area contributed by atoms with Crippen LogP contribution in [0, 0.1) is 5.41 Å². The molecule has 1 saturated heterocycles. The molecule has 0 saturated carbocycles. The fourth-order valence-corrected chi connectivity index (χ4v) is 2.58. The summed E-state index contributed by atoms with van der Waals surface area (Å²) in [5.74, 6) is 0.143. The Morgan fingerprint density at radius 2 is 1.90 bits per heavy atom. The molecular formula is C16H25N3O. The first kappa shape index (κ1) is 15.0. The lowest BCUT2D eigenvalue weighted by Crippen LogP contribution is -2.56. The number of aromatic nitrogens is 1. The summed E-state index contributed by atoms with van der Waals surface area (Å²) in [5, 5.41) is 0. The molecule has 0 aromatic carbocycles. The summed E-state index contributed by atoms with van der Waals surface area (Å²) in [5.41, 5.74) is 6.24. The van der Waals surface area contributed by atoms with Crippen molar-refractivity contribution in [2.45, 2.75) is 52.1 Å². The highest BCUT2D eigenvalue weighted by Crippen LogP contribution is 2.38. The standard InChI is InChI=1S/C16H25N3O/c1-15(2,16(3,4)17)14(20)19-11-5-6-13(19)12-7-9-18-10-8-12/h7-10,13H,5-6,11,17H2,1-4H3. The number of nitrogens with two attached hydrogens (primary N) is 1. The van der Waals surface area contributed by atoms with Gasteiger partial charge in [-0.15, -0.1) is 0 Å². The Bertz CT molecular complexity index is 476. The predicted molar refractivity (Wildman–Crippen MR) is 80.0 cm³/mol. The number of likely N-dealkylation sites (tertiary alicyclic amines) is 1. The Labute approximate surface area is 121 Å². The van der Waals surface area contributed by atoms with Gasteiger partial charge in [0.25, 0.3) is 0 Å². The van der Waals surface area contributed by atoms with Crippen molar-refractivity contribution < 1.29 is 4.79 Å². The quantitative estimate of drug-likeness (QED) is 0.922. The number of carbonyl (C=O) groups is 1. The Morgan fingerprint density at radius 1 is 1.30 bits per heavy atom. The summed E-state index contributed by atoms with van der Waals surface area (Å²) < 4.78 is 0. The van der Waals surface area contributed by atoms with Crippen molar-refractivity contribution in [2.75, 3.05) is 6.54 Å². The molecule has 1 aliphatic rings. The number of hydrogen-bond acceptors (Lipinski definition) is 3. The predicted octanol–water partition coefficient (Wildman–Crippen LogP) is 2.51. The van der Waals surface area contributed by atoms with Crippen LogP contribution in [-0.2, 0) is 4.79 Å². The first-order valence-electron chi connectivity index (χ1n) is 7.25. The van der Waals surface area contributed by atoms with Crippen molar-refractivity contribution in [3.05, 3.63) is 30.1 Å². The van der Waals surface area contributed by atoms with Crippen LogP contribution in [0.5, 0.6) is 0 Å². The zero-order chi connectivity index (χ0) is 15.0. The van der Waals surface area contributed by atoms with Crippen LogP contribution in [-0.4, -0.2) is 27.9 Å². The van der Waals surface area contributed by atoms with Gasteiger partial charge in [0, 0.05) is 24.5 Å². The molecule has 1 aromatic heterocycles. The van der Waals surface area contributed by atoms with E-state index in [4.69, 9.17) is 5.73 Å². The van der Waals surface area contributed by atoms with E-state index in [0.29, 0.717) is 0 Å². The molecule has 4 nitrogen and oxygen atoms in total. The fourth-order valence-electron chi connectivity index (χ4n) is 2.58. The molecule has 1 fully saturated rings. The Kier molecular flexibility index (Phi) is 3.87. The summed E-state index contributed by atoms with van der Waals surface area (Å²) in [6.45, 7) is 8.53. The zero-order valence-electron chi connectivity index (χ0n) is 12.9. The van der Waals surface area contributed by atoms with E-state index in [0.717, 1.165) is 24.9 Å². The van der Waals surface area contributed by atoms with Crippen LogP contribution in [0.15, 0.2) is 24.5 Å². The van der Waals surface area contributed by atoms with Crippen LogP contribution in [0.1, 0.15) is 52.1 Å². The minimum absolute atomic E-state index is 0.143. The number of pyridine rings is 1. The smallest absolute Gasteiger partial charge is 0.230 e. The van der Waals surface area contributed by atoms with Gasteiger partial charge in [0.05, 0.1) is 11.5 Å². The van der Waals surface area contributed by atoms with E-state index in [1.807, 2.05) is 44.7 Å². The summed E-state index contributed by atoms with van der Waals surface area (Å²) in [6, 6.07) is 4.15. The van der Waals surface area contributed by atoms with Gasteiger partial charge in [0.15, 0.2) is 0 Å². The molecule has 4 heteroatoms. The third-order valence-electron chi connectivity index (χ3n) is 4.75. The second-order valence-electron chi connectivity index (χ2n) is 6.78. The third kappa shape index (κ3) is 2.57. The Hall–Kier alpha value is -1.42. The lowest BCUT2D eigenvalue weighted by molar-refractivity contribution is -0.144. The SMILES string of the molecule is CC(C)(N)C(C)(C)C(=O)N1CCCC1c1ccncc1. The Morgan fingerprint density at radius 3 is 2.45 bits per heavy atom. The average Bonchev–Trinajstić information content (AvgIpc) is 2.86. The van der Waals surface area contributed by atoms with Gasteiger partial charge in [-0.25, -0.2) is 0 Å². The topological polar surface area (TPSA) is 59.2 Å². The van der Waals surface area contributed by atoms with Crippen molar-refractivity contribution in [1.82, 2.24) is 9.88 Å². The van der Waals surface area contributed by atoms with Crippen LogP contribution < -0.4 is 5.73 Å². The number of rotatable bonds is 3. The number of carbonyl (C=O) groups excluding carboxylic acids is 1. The van der Waals surface area contributed by atoms with Gasteiger partial charge in [-0.2, -0.15) is 0 Å². The van der Waals surface area contributed by atoms with Crippen LogP contribution in [0.25, 0.3) is 0 Å². The second-order valence-corrected chi connectivity index (χ2v) is 6.78. The van der Waals surface area contributed by atoms with E-state index >= 15 is 0 Å². The maximum absolute atomic E-state index is 12.9. The molecule has 0 bridgehead atoms. The van der Waals surface area contributed by atoms with Gasteiger partial charge in [-0.1, -0.05) is 0 Å². The van der Waals surface area contributed by atoms with Crippen LogP contribution >= 0.6 is 0 Å². The molecule has 1 amide bonds. The van der Waals surface area contributed by atoms with Gasteiger partial charge in [-0.3, -0.25) is 9.78 Å². The minimum Gasteiger partial charge on any atom is -0.335 e. The Balaban J connectivity index is 2.26. The minimum atomic E-state index is -0.581. The highest BCUT2D eigenvalue weighted by molar-refractivity contribution is 5.84. The van der Waals surface area contributed by atoms with Crippen molar-refractivity contribution in [3.8, 4) is 0 Å². The summed E-state index contributed by atoms with van der Waals surface area (Å²) in [6.07, 6.45) is 5.62. The van der Waals surface area contributed by atoms with E-state index in [-0.39, 0.29) is 11.9 Å². The van der Waals surface area contributed by atoms with Gasteiger partial charge >= 0.3 is 0 Å². The van der Waals surface area contributed by atoms with E-state index in [9.17, 15) is 4.79 Å². The normalized spacial score (nSPS) is 20.2. The van der Waals surface area contributed by atoms with Gasteiger partial charge in [0.2, 0.25) is 5.91 Å². The lowest BCUT2D eigenvalue weighted by atomic mass is 9.74. The zero-order valence-corrected chi connectivity index (χ0v) is 12.9. The van der Waals surface area contributed by atoms with Gasteiger partial charge in [-0.05, 0) is 58.2 Å². The molecule has 1 aliphatic heterocycles. The highest BCUT2D eigenvalue weighted by atomic mass is 16.2. The first-order chi connectivity index (χ1) is 9.25. The van der Waals surface area contributed by atoms with Crippen molar-refractivity contribution >= 4 is 5.91 Å². The number of amides is 1. The molecule has 2 heterocycles. The monoisotopic (exact) mass is 275 g/mol. The molecule has 1 unspecified atom stereocenters.